The number of benzene rings is 2. The smallest absolute Gasteiger partial charge is 0.274 e. The molecular formula is C19H12ClN3O2. The Morgan fingerprint density at radius 2 is 2.12 bits per heavy atom. The van der Waals surface area contributed by atoms with Crippen LogP contribution in [-0.2, 0) is 6.54 Å². The maximum Gasteiger partial charge on any atom is 0.274 e. The summed E-state index contributed by atoms with van der Waals surface area (Å²) in [5.74, 6) is 2.61. The SMILES string of the molecule is C#Cc1nc2cc(NCc3cc4cc(Cl)ccc4[nH]c3=O)ccc2o1. The van der Waals surface area contributed by atoms with Crippen LogP contribution >= 0.6 is 11.6 Å². The standard InChI is InChI=1S/C19H12ClN3O2/c1-2-18-22-16-9-14(4-6-17(16)25-18)21-10-12-7-11-8-13(20)3-5-15(11)23-19(12)24/h1,3-9,21H,10H2,(H,23,24). The van der Waals surface area contributed by atoms with Crippen LogP contribution in [0.4, 0.5) is 5.69 Å². The van der Waals surface area contributed by atoms with Gasteiger partial charge in [0.2, 0.25) is 0 Å². The van der Waals surface area contributed by atoms with E-state index in [0.717, 1.165) is 16.6 Å². The summed E-state index contributed by atoms with van der Waals surface area (Å²) in [7, 11) is 0. The van der Waals surface area contributed by atoms with E-state index in [1.807, 2.05) is 24.3 Å². The Hall–Kier alpha value is -3.23. The van der Waals surface area contributed by atoms with Gasteiger partial charge in [0, 0.05) is 33.7 Å². The van der Waals surface area contributed by atoms with Gasteiger partial charge in [0.25, 0.3) is 11.4 Å². The first-order valence-corrected chi connectivity index (χ1v) is 7.93. The number of rotatable bonds is 3. The van der Waals surface area contributed by atoms with Gasteiger partial charge in [-0.25, -0.2) is 4.98 Å². The lowest BCUT2D eigenvalue weighted by Crippen LogP contribution is -2.15. The molecule has 0 atom stereocenters. The summed E-state index contributed by atoms with van der Waals surface area (Å²) in [4.78, 5) is 19.3. The number of oxazole rings is 1. The molecule has 0 amide bonds. The number of anilines is 1. The fraction of sp³-hybridized carbons (Fsp3) is 0.0526. The predicted molar refractivity (Wildman–Crippen MR) is 98.8 cm³/mol. The molecule has 0 aliphatic heterocycles. The molecule has 4 rings (SSSR count). The lowest BCUT2D eigenvalue weighted by Gasteiger charge is -2.07. The van der Waals surface area contributed by atoms with Crippen LogP contribution in [0.2, 0.25) is 5.02 Å². The lowest BCUT2D eigenvalue weighted by molar-refractivity contribution is 0.586. The van der Waals surface area contributed by atoms with Gasteiger partial charge in [-0.05, 0) is 48.4 Å². The van der Waals surface area contributed by atoms with Crippen LogP contribution in [0, 0.1) is 12.3 Å². The monoisotopic (exact) mass is 349 g/mol. The number of fused-ring (bicyclic) bond motifs is 2. The second-order valence-electron chi connectivity index (χ2n) is 5.55. The highest BCUT2D eigenvalue weighted by Crippen LogP contribution is 2.21. The third kappa shape index (κ3) is 2.95. The average Bonchev–Trinajstić information content (AvgIpc) is 3.02. The molecule has 0 aliphatic carbocycles. The van der Waals surface area contributed by atoms with Crippen molar-refractivity contribution >= 4 is 39.3 Å². The van der Waals surface area contributed by atoms with Crippen LogP contribution < -0.4 is 10.9 Å². The molecule has 0 unspecified atom stereocenters. The highest BCUT2D eigenvalue weighted by molar-refractivity contribution is 6.31. The maximum absolute atomic E-state index is 12.2. The lowest BCUT2D eigenvalue weighted by atomic mass is 10.1. The van der Waals surface area contributed by atoms with Crippen molar-refractivity contribution in [2.24, 2.45) is 0 Å². The van der Waals surface area contributed by atoms with E-state index >= 15 is 0 Å². The van der Waals surface area contributed by atoms with Crippen molar-refractivity contribution in [1.29, 1.82) is 0 Å². The summed E-state index contributed by atoms with van der Waals surface area (Å²) in [6.45, 7) is 0.364. The van der Waals surface area contributed by atoms with Gasteiger partial charge >= 0.3 is 0 Å². The van der Waals surface area contributed by atoms with Gasteiger partial charge < -0.3 is 14.7 Å². The molecule has 0 radical (unpaired) electrons. The number of aromatic nitrogens is 2. The zero-order valence-electron chi connectivity index (χ0n) is 13.0. The minimum atomic E-state index is -0.139. The number of halogens is 1. The fourth-order valence-electron chi connectivity index (χ4n) is 2.65. The molecule has 122 valence electrons. The summed E-state index contributed by atoms with van der Waals surface area (Å²) >= 11 is 6.02. The second-order valence-corrected chi connectivity index (χ2v) is 5.99. The Labute approximate surface area is 147 Å². The minimum Gasteiger partial charge on any atom is -0.430 e. The van der Waals surface area contributed by atoms with E-state index in [0.29, 0.717) is 28.2 Å². The Morgan fingerprint density at radius 3 is 2.96 bits per heavy atom. The summed E-state index contributed by atoms with van der Waals surface area (Å²) < 4.78 is 5.37. The third-order valence-corrected chi connectivity index (χ3v) is 4.11. The normalized spacial score (nSPS) is 10.9. The van der Waals surface area contributed by atoms with E-state index in [2.05, 4.69) is 21.2 Å². The zero-order valence-corrected chi connectivity index (χ0v) is 13.7. The van der Waals surface area contributed by atoms with Gasteiger partial charge in [0.05, 0.1) is 0 Å². The van der Waals surface area contributed by atoms with Crippen LogP contribution in [-0.4, -0.2) is 9.97 Å². The molecule has 0 aliphatic rings. The number of nitrogens with zero attached hydrogens (tertiary/aromatic N) is 1. The minimum absolute atomic E-state index is 0.139. The van der Waals surface area contributed by atoms with E-state index in [9.17, 15) is 4.79 Å². The first-order chi connectivity index (χ1) is 12.1. The number of H-pyrrole nitrogens is 1. The van der Waals surface area contributed by atoms with E-state index in [-0.39, 0.29) is 11.4 Å². The summed E-state index contributed by atoms with van der Waals surface area (Å²) in [6.07, 6.45) is 5.29. The predicted octanol–water partition coefficient (Wildman–Crippen LogP) is 3.92. The van der Waals surface area contributed by atoms with Gasteiger partial charge in [0.15, 0.2) is 5.58 Å². The van der Waals surface area contributed by atoms with Crippen molar-refractivity contribution in [3.63, 3.8) is 0 Å². The first kappa shape index (κ1) is 15.3. The highest BCUT2D eigenvalue weighted by Gasteiger charge is 2.07. The van der Waals surface area contributed by atoms with Crippen molar-refractivity contribution in [3.05, 3.63) is 69.3 Å². The van der Waals surface area contributed by atoms with Gasteiger partial charge in [-0.2, -0.15) is 0 Å². The van der Waals surface area contributed by atoms with Crippen LogP contribution in [0.3, 0.4) is 0 Å². The molecule has 2 aromatic heterocycles. The molecule has 2 aromatic carbocycles. The van der Waals surface area contributed by atoms with Crippen LogP contribution in [0.15, 0.2) is 51.7 Å². The van der Waals surface area contributed by atoms with Gasteiger partial charge in [-0.15, -0.1) is 6.42 Å². The molecular weight excluding hydrogens is 338 g/mol. The van der Waals surface area contributed by atoms with E-state index in [1.165, 1.54) is 0 Å². The average molecular weight is 350 g/mol. The maximum atomic E-state index is 12.2. The van der Waals surface area contributed by atoms with Crippen LogP contribution in [0.5, 0.6) is 0 Å². The van der Waals surface area contributed by atoms with Crippen LogP contribution in [0.25, 0.3) is 22.0 Å². The number of terminal acetylenes is 1. The molecule has 5 nitrogen and oxygen atoms in total. The molecule has 6 heteroatoms. The first-order valence-electron chi connectivity index (χ1n) is 7.55. The molecule has 0 saturated heterocycles. The third-order valence-electron chi connectivity index (χ3n) is 3.88. The van der Waals surface area contributed by atoms with Crippen molar-refractivity contribution in [2.75, 3.05) is 5.32 Å². The molecule has 2 N–H and O–H groups in total. The van der Waals surface area contributed by atoms with E-state index < -0.39 is 0 Å². The number of hydrogen-bond acceptors (Lipinski definition) is 4. The van der Waals surface area contributed by atoms with Gasteiger partial charge in [-0.1, -0.05) is 11.6 Å². The van der Waals surface area contributed by atoms with Crippen molar-refractivity contribution < 1.29 is 4.42 Å². The number of aromatic amines is 1. The van der Waals surface area contributed by atoms with E-state index in [4.69, 9.17) is 22.4 Å². The number of pyridine rings is 1. The topological polar surface area (TPSA) is 70.9 Å². The largest absolute Gasteiger partial charge is 0.430 e. The quantitative estimate of drug-likeness (QED) is 0.550. The summed E-state index contributed by atoms with van der Waals surface area (Å²) in [5, 5.41) is 4.72. The Balaban J connectivity index is 1.62. The van der Waals surface area contributed by atoms with Gasteiger partial charge in [-0.3, -0.25) is 4.79 Å². The second kappa shape index (κ2) is 6.00. The molecule has 25 heavy (non-hydrogen) atoms. The van der Waals surface area contributed by atoms with Gasteiger partial charge in [0.1, 0.15) is 5.52 Å². The molecule has 2 heterocycles. The molecule has 4 aromatic rings. The van der Waals surface area contributed by atoms with E-state index in [1.54, 1.807) is 18.2 Å². The Bertz CT molecular complexity index is 1200. The summed E-state index contributed by atoms with van der Waals surface area (Å²) in [5.41, 5.74) is 3.33. The van der Waals surface area contributed by atoms with Crippen LogP contribution in [0.1, 0.15) is 11.5 Å². The highest BCUT2D eigenvalue weighted by atomic mass is 35.5. The number of nitrogens with one attached hydrogen (secondary N) is 2. The Kier molecular flexibility index (Phi) is 3.68. The van der Waals surface area contributed by atoms with Crippen molar-refractivity contribution in [3.8, 4) is 12.3 Å². The fourth-order valence-corrected chi connectivity index (χ4v) is 2.83. The van der Waals surface area contributed by atoms with Crippen molar-refractivity contribution in [2.45, 2.75) is 6.54 Å². The molecule has 0 saturated carbocycles. The zero-order chi connectivity index (χ0) is 17.4. The number of hydrogen-bond donors (Lipinski definition) is 2. The molecule has 0 bridgehead atoms. The Morgan fingerprint density at radius 1 is 1.24 bits per heavy atom. The van der Waals surface area contributed by atoms with Crippen molar-refractivity contribution in [1.82, 2.24) is 9.97 Å². The molecule has 0 fully saturated rings. The summed E-state index contributed by atoms with van der Waals surface area (Å²) in [6, 6.07) is 12.6. The molecule has 0 spiro atoms.